The fraction of sp³-hybridized carbons (Fsp3) is 0.643. The summed E-state index contributed by atoms with van der Waals surface area (Å²) in [5.74, 6) is -2.12. The number of halogens is 3. The number of amides is 1. The van der Waals surface area contributed by atoms with E-state index in [9.17, 15) is 33.2 Å². The number of aliphatic hydroxyl groups is 1. The predicted octanol–water partition coefficient (Wildman–Crippen LogP) is 1.90. The first-order chi connectivity index (χ1) is 11.8. The van der Waals surface area contributed by atoms with Gasteiger partial charge in [-0.2, -0.15) is 28.4 Å². The molecule has 0 saturated heterocycles. The van der Waals surface area contributed by atoms with Crippen molar-refractivity contribution in [3.63, 3.8) is 0 Å². The van der Waals surface area contributed by atoms with Gasteiger partial charge >= 0.3 is 11.9 Å². The number of hydrogen-bond acceptors (Lipinski definition) is 6. The molecule has 0 bridgehead atoms. The molecule has 0 radical (unpaired) electrons. The van der Waals surface area contributed by atoms with E-state index in [0.29, 0.717) is 0 Å². The van der Waals surface area contributed by atoms with Crippen LogP contribution in [0.5, 0.6) is 0 Å². The summed E-state index contributed by atoms with van der Waals surface area (Å²) >= 11 is 0. The highest BCUT2D eigenvalue weighted by Crippen LogP contribution is 2.41. The van der Waals surface area contributed by atoms with Crippen LogP contribution in [0.4, 0.5) is 18.9 Å². The minimum Gasteiger partial charge on any atom is -0.362 e. The summed E-state index contributed by atoms with van der Waals surface area (Å²) in [7, 11) is 0. The van der Waals surface area contributed by atoms with E-state index in [1.807, 2.05) is 0 Å². The van der Waals surface area contributed by atoms with Gasteiger partial charge in [0.25, 0.3) is 5.72 Å². The van der Waals surface area contributed by atoms with Gasteiger partial charge in [0.05, 0.1) is 17.4 Å². The number of nitrogens with zero attached hydrogens (tertiary/aromatic N) is 5. The molecule has 144 valence electrons. The van der Waals surface area contributed by atoms with Gasteiger partial charge in [0.15, 0.2) is 0 Å². The number of hydrogen-bond donors (Lipinski definition) is 1. The van der Waals surface area contributed by atoms with Gasteiger partial charge in [0.2, 0.25) is 5.91 Å². The molecule has 2 rings (SSSR count). The van der Waals surface area contributed by atoms with Crippen molar-refractivity contribution >= 4 is 17.3 Å². The van der Waals surface area contributed by atoms with Crippen LogP contribution in [0.3, 0.4) is 0 Å². The van der Waals surface area contributed by atoms with E-state index >= 15 is 0 Å². The number of rotatable bonds is 4. The van der Waals surface area contributed by atoms with Crippen molar-refractivity contribution in [2.45, 2.75) is 52.6 Å². The van der Waals surface area contributed by atoms with Crippen LogP contribution in [0.15, 0.2) is 5.10 Å². The van der Waals surface area contributed by atoms with Gasteiger partial charge < -0.3 is 5.11 Å². The maximum atomic E-state index is 13.2. The molecule has 1 aliphatic rings. The van der Waals surface area contributed by atoms with Crippen LogP contribution in [0, 0.1) is 29.9 Å². The normalized spacial score (nSPS) is 21.7. The Hall–Kier alpha value is -2.50. The van der Waals surface area contributed by atoms with Crippen LogP contribution in [0.1, 0.15) is 31.7 Å². The first-order valence-electron chi connectivity index (χ1n) is 7.65. The maximum Gasteiger partial charge on any atom is 0.438 e. The third-order valence-corrected chi connectivity index (χ3v) is 4.18. The van der Waals surface area contributed by atoms with E-state index in [-0.39, 0.29) is 34.3 Å². The van der Waals surface area contributed by atoms with Gasteiger partial charge in [-0.15, -0.1) is 0 Å². The van der Waals surface area contributed by atoms with Crippen LogP contribution in [0.25, 0.3) is 0 Å². The van der Waals surface area contributed by atoms with Crippen molar-refractivity contribution in [3.05, 3.63) is 21.5 Å². The number of nitro groups is 1. The van der Waals surface area contributed by atoms with E-state index in [2.05, 4.69) is 10.2 Å². The summed E-state index contributed by atoms with van der Waals surface area (Å²) in [6.45, 7) is 5.27. The number of carbonyl (C=O) groups excluding carboxylic acids is 1. The largest absolute Gasteiger partial charge is 0.438 e. The van der Waals surface area contributed by atoms with E-state index in [0.717, 1.165) is 0 Å². The molecule has 1 N–H and O–H groups in total. The molecule has 1 aromatic heterocycles. The summed E-state index contributed by atoms with van der Waals surface area (Å²) in [5, 5.41) is 28.5. The Bertz CT molecular complexity index is 788. The van der Waals surface area contributed by atoms with Crippen molar-refractivity contribution < 1.29 is 28.0 Å². The van der Waals surface area contributed by atoms with E-state index in [4.69, 9.17) is 0 Å². The standard InChI is InChI=1S/C14H18F3N5O4/c1-7(6-20-10(4)11(22(25)26)9(3)19-20)12(23)21-13(24,14(15,16)17)5-8(2)18-21/h7,24H,5-6H2,1-4H3/t7-,13+/m1/s1. The molecular weight excluding hydrogens is 359 g/mol. The zero-order valence-electron chi connectivity index (χ0n) is 14.5. The number of alkyl halides is 3. The first kappa shape index (κ1) is 19.8. The van der Waals surface area contributed by atoms with Gasteiger partial charge in [-0.1, -0.05) is 6.92 Å². The Kier molecular flexibility index (Phi) is 4.83. The van der Waals surface area contributed by atoms with Crippen LogP contribution >= 0.6 is 0 Å². The molecular formula is C14H18F3N5O4. The second-order valence-electron chi connectivity index (χ2n) is 6.34. The summed E-state index contributed by atoms with van der Waals surface area (Å²) in [4.78, 5) is 22.9. The van der Waals surface area contributed by atoms with Crippen molar-refractivity contribution in [2.75, 3.05) is 0 Å². The van der Waals surface area contributed by atoms with E-state index in [1.165, 1.54) is 32.4 Å². The molecule has 1 amide bonds. The quantitative estimate of drug-likeness (QED) is 0.636. The van der Waals surface area contributed by atoms with E-state index in [1.54, 1.807) is 0 Å². The van der Waals surface area contributed by atoms with Crippen molar-refractivity contribution in [3.8, 4) is 0 Å². The first-order valence-corrected chi connectivity index (χ1v) is 7.65. The molecule has 26 heavy (non-hydrogen) atoms. The lowest BCUT2D eigenvalue weighted by Gasteiger charge is -2.33. The lowest BCUT2D eigenvalue weighted by atomic mass is 10.0. The van der Waals surface area contributed by atoms with Crippen LogP contribution < -0.4 is 0 Å². The summed E-state index contributed by atoms with van der Waals surface area (Å²) in [6.07, 6.45) is -5.92. The zero-order chi connectivity index (χ0) is 20.0. The number of hydrazone groups is 1. The van der Waals surface area contributed by atoms with Gasteiger partial charge in [0, 0.05) is 12.1 Å². The molecule has 0 fully saturated rings. The van der Waals surface area contributed by atoms with Gasteiger partial charge in [0.1, 0.15) is 11.4 Å². The number of carbonyl (C=O) groups is 1. The predicted molar refractivity (Wildman–Crippen MR) is 83.1 cm³/mol. The average molecular weight is 377 g/mol. The highest BCUT2D eigenvalue weighted by Gasteiger charge is 2.63. The number of aromatic nitrogens is 2. The van der Waals surface area contributed by atoms with Gasteiger partial charge in [-0.25, -0.2) is 0 Å². The molecule has 0 saturated carbocycles. The van der Waals surface area contributed by atoms with Crippen molar-refractivity contribution in [1.29, 1.82) is 0 Å². The highest BCUT2D eigenvalue weighted by atomic mass is 19.4. The number of aryl methyl sites for hydroxylation is 1. The smallest absolute Gasteiger partial charge is 0.362 e. The Balaban J connectivity index is 2.28. The molecule has 12 heteroatoms. The molecule has 0 aromatic carbocycles. The SMILES string of the molecule is CC1=NN(C(=O)[C@H](C)Cn2nc(C)c([N+](=O)[O-])c2C)[C@@](O)(C(F)(F)F)C1. The fourth-order valence-corrected chi connectivity index (χ4v) is 2.85. The van der Waals surface area contributed by atoms with Gasteiger partial charge in [-0.3, -0.25) is 19.6 Å². The average Bonchev–Trinajstić information content (AvgIpc) is 2.94. The minimum absolute atomic E-state index is 0.0351. The van der Waals surface area contributed by atoms with Crippen molar-refractivity contribution in [1.82, 2.24) is 14.8 Å². The maximum absolute atomic E-state index is 13.2. The lowest BCUT2D eigenvalue weighted by molar-refractivity contribution is -0.386. The molecule has 1 aromatic rings. The molecule has 0 aliphatic carbocycles. The topological polar surface area (TPSA) is 114 Å². The Morgan fingerprint density at radius 1 is 1.42 bits per heavy atom. The molecule has 0 spiro atoms. The fourth-order valence-electron chi connectivity index (χ4n) is 2.85. The highest BCUT2D eigenvalue weighted by molar-refractivity contribution is 5.89. The Morgan fingerprint density at radius 2 is 2.00 bits per heavy atom. The summed E-state index contributed by atoms with van der Waals surface area (Å²) < 4.78 is 40.8. The second-order valence-corrected chi connectivity index (χ2v) is 6.34. The molecule has 2 atom stereocenters. The van der Waals surface area contributed by atoms with Crippen LogP contribution in [0.2, 0.25) is 0 Å². The third kappa shape index (κ3) is 3.16. The third-order valence-electron chi connectivity index (χ3n) is 4.18. The zero-order valence-corrected chi connectivity index (χ0v) is 14.5. The van der Waals surface area contributed by atoms with E-state index < -0.39 is 35.1 Å². The summed E-state index contributed by atoms with van der Waals surface area (Å²) in [6, 6.07) is 0. The van der Waals surface area contributed by atoms with Crippen LogP contribution in [-0.2, 0) is 11.3 Å². The van der Waals surface area contributed by atoms with Gasteiger partial charge in [-0.05, 0) is 20.8 Å². The minimum atomic E-state index is -5.08. The van der Waals surface area contributed by atoms with Crippen LogP contribution in [-0.4, -0.2) is 48.3 Å². The second kappa shape index (κ2) is 6.34. The molecule has 1 aliphatic heterocycles. The Labute approximate surface area is 146 Å². The molecule has 0 unspecified atom stereocenters. The lowest BCUT2D eigenvalue weighted by Crippen LogP contribution is -2.57. The monoisotopic (exact) mass is 377 g/mol. The molecule has 2 heterocycles. The molecule has 9 nitrogen and oxygen atoms in total. The Morgan fingerprint density at radius 3 is 2.46 bits per heavy atom. The van der Waals surface area contributed by atoms with Crippen molar-refractivity contribution in [2.24, 2.45) is 11.0 Å². The summed E-state index contributed by atoms with van der Waals surface area (Å²) in [5.41, 5.74) is -3.34.